The molecular weight excluding hydrogens is 391 g/mol. The Hall–Kier alpha value is -3.31. The number of hydrogen-bond donors (Lipinski definition) is 1. The van der Waals surface area contributed by atoms with Crippen molar-refractivity contribution in [3.05, 3.63) is 107 Å². The van der Waals surface area contributed by atoms with E-state index in [2.05, 4.69) is 5.32 Å². The Bertz CT molecular complexity index is 1060. The van der Waals surface area contributed by atoms with Crippen LogP contribution in [0.4, 0.5) is 4.39 Å². The van der Waals surface area contributed by atoms with Crippen molar-refractivity contribution in [3.63, 3.8) is 0 Å². The summed E-state index contributed by atoms with van der Waals surface area (Å²) in [7, 11) is 1.56. The first-order valence-electron chi connectivity index (χ1n) is 8.95. The summed E-state index contributed by atoms with van der Waals surface area (Å²) < 4.78 is 14.7. The van der Waals surface area contributed by atoms with E-state index < -0.39 is 5.82 Å². The number of pyridine rings is 1. The maximum Gasteiger partial charge on any atom is 0.275 e. The Morgan fingerprint density at radius 1 is 0.966 bits per heavy atom. The number of carbonyl (C=O) groups is 2. The molecule has 0 spiro atoms. The maximum absolute atomic E-state index is 13.1. The van der Waals surface area contributed by atoms with E-state index in [-0.39, 0.29) is 18.2 Å². The van der Waals surface area contributed by atoms with E-state index in [0.29, 0.717) is 16.3 Å². The molecule has 0 saturated heterocycles. The molecule has 0 bridgehead atoms. The lowest BCUT2D eigenvalue weighted by Crippen LogP contribution is -2.39. The molecule has 0 fully saturated rings. The fourth-order valence-electron chi connectivity index (χ4n) is 2.84. The fraction of sp³-hybridized carbons (Fsp3) is 0.0870. The van der Waals surface area contributed by atoms with E-state index in [1.165, 1.54) is 30.3 Å². The number of benzene rings is 2. The number of amides is 1. The number of ketones is 1. The normalized spacial score (nSPS) is 11.2. The van der Waals surface area contributed by atoms with Crippen LogP contribution in [0.2, 0.25) is 5.15 Å². The van der Waals surface area contributed by atoms with E-state index in [9.17, 15) is 14.0 Å². The van der Waals surface area contributed by atoms with E-state index >= 15 is 0 Å². The summed E-state index contributed by atoms with van der Waals surface area (Å²) in [6.07, 6.45) is 3.23. The van der Waals surface area contributed by atoms with Crippen LogP contribution >= 0.6 is 11.6 Å². The molecule has 1 heterocycles. The number of rotatable bonds is 6. The molecule has 0 radical (unpaired) electrons. The van der Waals surface area contributed by atoms with Gasteiger partial charge in [-0.1, -0.05) is 30.3 Å². The van der Waals surface area contributed by atoms with Crippen LogP contribution in [0.1, 0.15) is 21.5 Å². The van der Waals surface area contributed by atoms with Gasteiger partial charge in [0.15, 0.2) is 6.20 Å². The molecule has 29 heavy (non-hydrogen) atoms. The Balaban J connectivity index is 1.97. The summed E-state index contributed by atoms with van der Waals surface area (Å²) in [6, 6.07) is 18.3. The molecule has 2 aromatic carbocycles. The minimum atomic E-state index is -0.402. The fourth-order valence-corrected chi connectivity index (χ4v) is 3.02. The number of halogens is 2. The molecule has 0 unspecified atom stereocenters. The van der Waals surface area contributed by atoms with Crippen LogP contribution in [-0.2, 0) is 11.3 Å². The second-order valence-electron chi connectivity index (χ2n) is 6.34. The van der Waals surface area contributed by atoms with Crippen molar-refractivity contribution in [2.75, 3.05) is 7.05 Å². The number of carbonyl (C=O) groups excluding carboxylic acids is 2. The highest BCUT2D eigenvalue weighted by Gasteiger charge is 2.19. The highest BCUT2D eigenvalue weighted by Crippen LogP contribution is 2.23. The molecule has 0 saturated carbocycles. The summed E-state index contributed by atoms with van der Waals surface area (Å²) in [6.45, 7) is -0.0135. The molecule has 0 atom stereocenters. The van der Waals surface area contributed by atoms with Gasteiger partial charge in [-0.15, -0.1) is 0 Å². The minimum Gasteiger partial charge on any atom is -0.356 e. The number of nitrogens with one attached hydrogen (secondary N) is 1. The zero-order valence-electron chi connectivity index (χ0n) is 15.7. The molecule has 1 amide bonds. The van der Waals surface area contributed by atoms with Gasteiger partial charge in [0, 0.05) is 35.9 Å². The summed E-state index contributed by atoms with van der Waals surface area (Å²) in [5.74, 6) is -0.848. The molecule has 4 nitrogen and oxygen atoms in total. The summed E-state index contributed by atoms with van der Waals surface area (Å²) in [4.78, 5) is 24.6. The minimum absolute atomic E-state index is 0.0135. The lowest BCUT2D eigenvalue weighted by atomic mass is 9.98. The number of likely N-dealkylation sites (N-methyl/N-ethyl adjacent to an activating group) is 1. The van der Waals surface area contributed by atoms with Crippen LogP contribution in [0.5, 0.6) is 0 Å². The Kier molecular flexibility index (Phi) is 6.52. The third-order valence-corrected chi connectivity index (χ3v) is 4.71. The van der Waals surface area contributed by atoms with E-state index in [4.69, 9.17) is 11.6 Å². The van der Waals surface area contributed by atoms with Gasteiger partial charge in [0.25, 0.3) is 5.15 Å². The maximum atomic E-state index is 13.1. The zero-order chi connectivity index (χ0) is 20.8. The molecule has 146 valence electrons. The van der Waals surface area contributed by atoms with Crippen LogP contribution in [-0.4, -0.2) is 18.7 Å². The first kappa shape index (κ1) is 20.4. The molecule has 0 aliphatic heterocycles. The highest BCUT2D eigenvalue weighted by atomic mass is 35.5. The summed E-state index contributed by atoms with van der Waals surface area (Å²) in [5, 5.41) is 2.96. The highest BCUT2D eigenvalue weighted by molar-refractivity contribution is 6.28. The topological polar surface area (TPSA) is 50.1 Å². The number of Topliss-reactive ketones (excluding diaryl/α,β-unsaturated/α-hetero) is 1. The lowest BCUT2D eigenvalue weighted by Gasteiger charge is -2.08. The molecule has 3 rings (SSSR count). The van der Waals surface area contributed by atoms with E-state index in [1.807, 2.05) is 30.3 Å². The quantitative estimate of drug-likeness (QED) is 0.291. The predicted octanol–water partition coefficient (Wildman–Crippen LogP) is 3.83. The van der Waals surface area contributed by atoms with Crippen molar-refractivity contribution in [2.24, 2.45) is 0 Å². The summed E-state index contributed by atoms with van der Waals surface area (Å²) >= 11 is 6.29. The van der Waals surface area contributed by atoms with Crippen molar-refractivity contribution >= 4 is 28.9 Å². The van der Waals surface area contributed by atoms with Crippen LogP contribution < -0.4 is 9.88 Å². The lowest BCUT2D eigenvalue weighted by molar-refractivity contribution is -0.681. The third-order valence-electron chi connectivity index (χ3n) is 4.37. The Labute approximate surface area is 173 Å². The van der Waals surface area contributed by atoms with Gasteiger partial charge in [-0.05, 0) is 47.5 Å². The Morgan fingerprint density at radius 2 is 1.62 bits per heavy atom. The molecule has 0 aliphatic carbocycles. The number of nitrogens with zero attached hydrogens (tertiary/aromatic N) is 1. The van der Waals surface area contributed by atoms with Gasteiger partial charge in [0.2, 0.25) is 18.2 Å². The van der Waals surface area contributed by atoms with Crippen LogP contribution in [0.15, 0.2) is 79.0 Å². The zero-order valence-corrected chi connectivity index (χ0v) is 16.5. The SMILES string of the molecule is CNC(=O)/C=C(\c1ccccc1)c1ccc(Cl)[n+](CC(=O)c2ccc(F)cc2)c1. The van der Waals surface area contributed by atoms with Gasteiger partial charge >= 0.3 is 0 Å². The third kappa shape index (κ3) is 5.15. The second-order valence-corrected chi connectivity index (χ2v) is 6.72. The molecule has 6 heteroatoms. The molecule has 3 aromatic rings. The monoisotopic (exact) mass is 409 g/mol. The largest absolute Gasteiger partial charge is 0.356 e. The van der Waals surface area contributed by atoms with Gasteiger partial charge in [-0.3, -0.25) is 9.59 Å². The summed E-state index contributed by atoms with van der Waals surface area (Å²) in [5.41, 5.74) is 2.68. The average molecular weight is 410 g/mol. The van der Waals surface area contributed by atoms with Crippen LogP contribution in [0, 0.1) is 5.82 Å². The van der Waals surface area contributed by atoms with Gasteiger partial charge < -0.3 is 5.32 Å². The van der Waals surface area contributed by atoms with Gasteiger partial charge in [0.1, 0.15) is 5.82 Å². The van der Waals surface area contributed by atoms with Crippen molar-refractivity contribution in [1.29, 1.82) is 0 Å². The van der Waals surface area contributed by atoms with Crippen molar-refractivity contribution < 1.29 is 18.5 Å². The van der Waals surface area contributed by atoms with Crippen LogP contribution in [0.3, 0.4) is 0 Å². The molecule has 1 aromatic heterocycles. The van der Waals surface area contributed by atoms with Crippen LogP contribution in [0.25, 0.3) is 5.57 Å². The number of aromatic nitrogens is 1. The van der Waals surface area contributed by atoms with E-state index in [0.717, 1.165) is 11.1 Å². The van der Waals surface area contributed by atoms with Crippen molar-refractivity contribution in [3.8, 4) is 0 Å². The second kappa shape index (κ2) is 9.26. The van der Waals surface area contributed by atoms with Gasteiger partial charge in [-0.2, -0.15) is 4.57 Å². The standard InChI is InChI=1S/C23H18ClFN2O2/c1-26-23(29)13-20(16-5-3-2-4-6-16)18-9-12-22(24)27(14-18)15-21(28)17-7-10-19(25)11-8-17/h2-14H,15H2,1H3/p+1/b20-13+. The molecule has 1 N–H and O–H groups in total. The smallest absolute Gasteiger partial charge is 0.275 e. The average Bonchev–Trinajstić information content (AvgIpc) is 2.74. The first-order valence-corrected chi connectivity index (χ1v) is 9.32. The molecule has 0 aliphatic rings. The predicted molar refractivity (Wildman–Crippen MR) is 110 cm³/mol. The molecular formula is C23H19ClFN2O2+. The Morgan fingerprint density at radius 3 is 2.28 bits per heavy atom. The van der Waals surface area contributed by atoms with Crippen molar-refractivity contribution in [2.45, 2.75) is 6.54 Å². The first-order chi connectivity index (χ1) is 14.0. The number of hydrogen-bond acceptors (Lipinski definition) is 2. The van der Waals surface area contributed by atoms with Gasteiger partial charge in [0.05, 0.1) is 0 Å². The van der Waals surface area contributed by atoms with Gasteiger partial charge in [-0.25, -0.2) is 4.39 Å². The van der Waals surface area contributed by atoms with Crippen molar-refractivity contribution in [1.82, 2.24) is 5.32 Å². The van der Waals surface area contributed by atoms with E-state index in [1.54, 1.807) is 29.9 Å².